The van der Waals surface area contributed by atoms with E-state index >= 15 is 0 Å². The highest BCUT2D eigenvalue weighted by molar-refractivity contribution is 6.31. The molecule has 7 heteroatoms. The van der Waals surface area contributed by atoms with Crippen molar-refractivity contribution in [3.05, 3.63) is 58.4 Å². The van der Waals surface area contributed by atoms with E-state index in [9.17, 15) is 9.18 Å². The third kappa shape index (κ3) is 5.19. The van der Waals surface area contributed by atoms with E-state index in [0.29, 0.717) is 60.4 Å². The average Bonchev–Trinajstić information content (AvgIpc) is 2.71. The Labute approximate surface area is 176 Å². The van der Waals surface area contributed by atoms with Crippen LogP contribution in [0.1, 0.15) is 29.8 Å². The van der Waals surface area contributed by atoms with Gasteiger partial charge in [0.15, 0.2) is 11.5 Å². The number of ether oxygens (including phenoxy) is 2. The fourth-order valence-electron chi connectivity index (χ4n) is 3.35. The minimum absolute atomic E-state index is 0.0153. The average molecular weight is 421 g/mol. The van der Waals surface area contributed by atoms with Gasteiger partial charge in [-0.2, -0.15) is 0 Å². The zero-order valence-corrected chi connectivity index (χ0v) is 17.7. The van der Waals surface area contributed by atoms with Crippen LogP contribution in [0.5, 0.6) is 11.5 Å². The molecule has 1 aliphatic rings. The number of benzene rings is 2. The van der Waals surface area contributed by atoms with Crippen molar-refractivity contribution in [1.82, 2.24) is 9.80 Å². The molecule has 2 aromatic carbocycles. The van der Waals surface area contributed by atoms with Gasteiger partial charge in [-0.25, -0.2) is 4.39 Å². The molecule has 0 aromatic heterocycles. The molecule has 0 atom stereocenters. The Hall–Kier alpha value is -2.31. The number of carbonyl (C=O) groups is 1. The van der Waals surface area contributed by atoms with Crippen molar-refractivity contribution in [1.29, 1.82) is 0 Å². The van der Waals surface area contributed by atoms with Gasteiger partial charge in [0.1, 0.15) is 5.82 Å². The molecule has 0 radical (unpaired) electrons. The Morgan fingerprint density at radius 1 is 1.14 bits per heavy atom. The Morgan fingerprint density at radius 2 is 1.86 bits per heavy atom. The Morgan fingerprint density at radius 3 is 2.48 bits per heavy atom. The maximum Gasteiger partial charge on any atom is 0.254 e. The molecule has 1 fully saturated rings. The molecule has 0 bridgehead atoms. The molecule has 1 saturated heterocycles. The van der Waals surface area contributed by atoms with E-state index in [-0.39, 0.29) is 17.8 Å². The molecular formula is C22H26ClFN2O3. The lowest BCUT2D eigenvalue weighted by atomic mass is 10.1. The predicted molar refractivity (Wildman–Crippen MR) is 111 cm³/mol. The summed E-state index contributed by atoms with van der Waals surface area (Å²) in [4.78, 5) is 16.8. The zero-order valence-electron chi connectivity index (χ0n) is 17.0. The molecule has 0 unspecified atom stereocenters. The first-order chi connectivity index (χ1) is 13.9. The number of piperazine rings is 1. The Kier molecular flexibility index (Phi) is 6.98. The van der Waals surface area contributed by atoms with Crippen molar-refractivity contribution in [3.63, 3.8) is 0 Å². The molecule has 0 N–H and O–H groups in total. The second kappa shape index (κ2) is 9.46. The maximum absolute atomic E-state index is 14.0. The SMILES string of the molecule is COc1cc(C(=O)N2CCN(Cc3c(F)cccc3Cl)CC2)ccc1OC(C)C. The van der Waals surface area contributed by atoms with Crippen molar-refractivity contribution in [2.45, 2.75) is 26.5 Å². The summed E-state index contributed by atoms with van der Waals surface area (Å²) in [6.07, 6.45) is 0.0153. The smallest absolute Gasteiger partial charge is 0.254 e. The van der Waals surface area contributed by atoms with Crippen LogP contribution in [0, 0.1) is 5.82 Å². The van der Waals surface area contributed by atoms with Gasteiger partial charge in [-0.3, -0.25) is 9.69 Å². The predicted octanol–water partition coefficient (Wildman–Crippen LogP) is 4.23. The number of rotatable bonds is 6. The van der Waals surface area contributed by atoms with Crippen LogP contribution < -0.4 is 9.47 Å². The van der Waals surface area contributed by atoms with Crippen molar-refractivity contribution in [3.8, 4) is 11.5 Å². The lowest BCUT2D eigenvalue weighted by Crippen LogP contribution is -2.48. The first-order valence-electron chi connectivity index (χ1n) is 9.68. The van der Waals surface area contributed by atoms with Gasteiger partial charge >= 0.3 is 0 Å². The molecule has 0 saturated carbocycles. The van der Waals surface area contributed by atoms with Gasteiger partial charge in [0, 0.05) is 48.9 Å². The summed E-state index contributed by atoms with van der Waals surface area (Å²) in [6, 6.07) is 9.95. The highest BCUT2D eigenvalue weighted by Crippen LogP contribution is 2.29. The van der Waals surface area contributed by atoms with Crippen molar-refractivity contribution in [2.75, 3.05) is 33.3 Å². The van der Waals surface area contributed by atoms with Crippen LogP contribution in [-0.2, 0) is 6.54 Å². The lowest BCUT2D eigenvalue weighted by molar-refractivity contribution is 0.0626. The van der Waals surface area contributed by atoms with Crippen molar-refractivity contribution >= 4 is 17.5 Å². The van der Waals surface area contributed by atoms with E-state index in [4.69, 9.17) is 21.1 Å². The molecule has 1 amide bonds. The van der Waals surface area contributed by atoms with E-state index in [1.54, 1.807) is 42.3 Å². The standard InChI is InChI=1S/C22H26ClFN2O3/c1-15(2)29-20-8-7-16(13-21(20)28-3)22(27)26-11-9-25(10-12-26)14-17-18(23)5-4-6-19(17)24/h4-8,13,15H,9-12,14H2,1-3H3. The second-order valence-electron chi connectivity index (χ2n) is 7.30. The molecular weight excluding hydrogens is 395 g/mol. The van der Waals surface area contributed by atoms with Crippen molar-refractivity contribution in [2.24, 2.45) is 0 Å². The molecule has 0 aliphatic carbocycles. The number of methoxy groups -OCH3 is 1. The Bertz CT molecular complexity index is 847. The molecule has 5 nitrogen and oxygen atoms in total. The van der Waals surface area contributed by atoms with Crippen LogP contribution in [0.3, 0.4) is 0 Å². The van der Waals surface area contributed by atoms with E-state index in [2.05, 4.69) is 4.90 Å². The maximum atomic E-state index is 14.0. The fraction of sp³-hybridized carbons (Fsp3) is 0.409. The van der Waals surface area contributed by atoms with E-state index in [1.165, 1.54) is 6.07 Å². The first kappa shape index (κ1) is 21.4. The van der Waals surface area contributed by atoms with E-state index in [1.807, 2.05) is 13.8 Å². The number of hydrogen-bond acceptors (Lipinski definition) is 4. The van der Waals surface area contributed by atoms with Gasteiger partial charge in [-0.15, -0.1) is 0 Å². The van der Waals surface area contributed by atoms with Gasteiger partial charge in [-0.05, 0) is 44.2 Å². The van der Waals surface area contributed by atoms with Crippen LogP contribution >= 0.6 is 11.6 Å². The molecule has 156 valence electrons. The monoisotopic (exact) mass is 420 g/mol. The molecule has 3 rings (SSSR count). The number of carbonyl (C=O) groups excluding carboxylic acids is 1. The van der Waals surface area contributed by atoms with Crippen LogP contribution in [0.2, 0.25) is 5.02 Å². The summed E-state index contributed by atoms with van der Waals surface area (Å²) in [5, 5.41) is 0.430. The minimum atomic E-state index is -0.299. The van der Waals surface area contributed by atoms with E-state index in [0.717, 1.165) is 0 Å². The molecule has 2 aromatic rings. The molecule has 0 spiro atoms. The summed E-state index contributed by atoms with van der Waals surface area (Å²) in [6.45, 7) is 6.75. The minimum Gasteiger partial charge on any atom is -0.493 e. The van der Waals surface area contributed by atoms with Crippen LogP contribution in [0.15, 0.2) is 36.4 Å². The van der Waals surface area contributed by atoms with Gasteiger partial charge in [0.05, 0.1) is 13.2 Å². The zero-order chi connectivity index (χ0) is 21.0. The number of hydrogen-bond donors (Lipinski definition) is 0. The van der Waals surface area contributed by atoms with E-state index < -0.39 is 0 Å². The van der Waals surface area contributed by atoms with Crippen LogP contribution in [0.4, 0.5) is 4.39 Å². The largest absolute Gasteiger partial charge is 0.493 e. The quantitative estimate of drug-likeness (QED) is 0.701. The summed E-state index contributed by atoms with van der Waals surface area (Å²) >= 11 is 6.13. The lowest BCUT2D eigenvalue weighted by Gasteiger charge is -2.35. The second-order valence-corrected chi connectivity index (χ2v) is 7.71. The topological polar surface area (TPSA) is 42.0 Å². The fourth-order valence-corrected chi connectivity index (χ4v) is 3.57. The Balaban J connectivity index is 1.63. The first-order valence-corrected chi connectivity index (χ1v) is 10.1. The summed E-state index contributed by atoms with van der Waals surface area (Å²) in [7, 11) is 1.56. The third-order valence-corrected chi connectivity index (χ3v) is 5.23. The molecule has 1 heterocycles. The van der Waals surface area contributed by atoms with Gasteiger partial charge in [0.25, 0.3) is 5.91 Å². The molecule has 29 heavy (non-hydrogen) atoms. The molecule has 1 aliphatic heterocycles. The highest BCUT2D eigenvalue weighted by Gasteiger charge is 2.24. The van der Waals surface area contributed by atoms with Gasteiger partial charge in [0.2, 0.25) is 0 Å². The van der Waals surface area contributed by atoms with Crippen LogP contribution in [-0.4, -0.2) is 55.1 Å². The highest BCUT2D eigenvalue weighted by atomic mass is 35.5. The number of amides is 1. The summed E-state index contributed by atoms with van der Waals surface area (Å²) in [5.41, 5.74) is 1.06. The summed E-state index contributed by atoms with van der Waals surface area (Å²) < 4.78 is 25.1. The van der Waals surface area contributed by atoms with Crippen molar-refractivity contribution < 1.29 is 18.7 Å². The van der Waals surface area contributed by atoms with Gasteiger partial charge < -0.3 is 14.4 Å². The third-order valence-electron chi connectivity index (χ3n) is 4.88. The summed E-state index contributed by atoms with van der Waals surface area (Å²) in [5.74, 6) is 0.804. The number of halogens is 2. The van der Waals surface area contributed by atoms with Crippen LogP contribution in [0.25, 0.3) is 0 Å². The van der Waals surface area contributed by atoms with Gasteiger partial charge in [-0.1, -0.05) is 17.7 Å². The number of nitrogens with zero attached hydrogens (tertiary/aromatic N) is 2. The normalized spacial score (nSPS) is 14.9.